The predicted octanol–water partition coefficient (Wildman–Crippen LogP) is 1.61. The van der Waals surface area contributed by atoms with Crippen molar-refractivity contribution in [2.75, 3.05) is 17.9 Å². The topological polar surface area (TPSA) is 109 Å². The van der Waals surface area contributed by atoms with E-state index in [0.717, 1.165) is 16.8 Å². The second kappa shape index (κ2) is 7.67. The van der Waals surface area contributed by atoms with E-state index in [1.807, 2.05) is 42.5 Å². The molecular formula is C16H20N5O3P. The third-order valence-electron chi connectivity index (χ3n) is 3.61. The molecule has 1 aliphatic rings. The molecule has 0 bridgehead atoms. The van der Waals surface area contributed by atoms with E-state index in [1.165, 1.54) is 0 Å². The predicted molar refractivity (Wildman–Crippen MR) is 97.6 cm³/mol. The third-order valence-corrected chi connectivity index (χ3v) is 4.25. The molecule has 0 aliphatic carbocycles. The van der Waals surface area contributed by atoms with Crippen LogP contribution in [0.5, 0.6) is 0 Å². The van der Waals surface area contributed by atoms with Crippen LogP contribution >= 0.6 is 7.60 Å². The number of hydrogen-bond donors (Lipinski definition) is 5. The first-order valence-electron chi connectivity index (χ1n) is 7.81. The number of benzene rings is 2. The molecule has 9 heteroatoms. The van der Waals surface area contributed by atoms with Crippen LogP contribution in [0.15, 0.2) is 59.7 Å². The van der Waals surface area contributed by atoms with E-state index in [9.17, 15) is 4.57 Å². The van der Waals surface area contributed by atoms with Crippen molar-refractivity contribution in [3.63, 3.8) is 0 Å². The highest BCUT2D eigenvalue weighted by Gasteiger charge is 2.16. The van der Waals surface area contributed by atoms with Crippen LogP contribution in [0.2, 0.25) is 0 Å². The monoisotopic (exact) mass is 361 g/mol. The molecule has 0 spiro atoms. The number of hydrogen-bond acceptors (Lipinski definition) is 6. The molecule has 1 aliphatic heterocycles. The molecule has 0 radical (unpaired) electrons. The molecular weight excluding hydrogens is 341 g/mol. The van der Waals surface area contributed by atoms with E-state index in [1.54, 1.807) is 5.12 Å². The van der Waals surface area contributed by atoms with Crippen molar-refractivity contribution < 1.29 is 14.4 Å². The normalized spacial score (nSPS) is 14.0. The second-order valence-corrected chi connectivity index (χ2v) is 7.24. The Bertz CT molecular complexity index is 776. The standard InChI is InChI=1S/C16H20N5O3P/c22-25(23,24)12-17-11-10-16-18-20-21(19-16)15-8-6-14(7-9-15)13-4-2-1-3-5-13/h1-9,17,20H,10-12H2,(H,18,19)(H2,22,23,24). The molecule has 0 unspecified atom stereocenters. The first-order chi connectivity index (χ1) is 12.0. The van der Waals surface area contributed by atoms with Crippen LogP contribution in [0.25, 0.3) is 11.1 Å². The second-order valence-electron chi connectivity index (χ2n) is 5.59. The molecule has 8 nitrogen and oxygen atoms in total. The maximum absolute atomic E-state index is 10.8. The van der Waals surface area contributed by atoms with Crippen molar-refractivity contribution in [2.24, 2.45) is 5.10 Å². The van der Waals surface area contributed by atoms with Crippen molar-refractivity contribution >= 4 is 19.1 Å². The molecule has 5 N–H and O–H groups in total. The lowest BCUT2D eigenvalue weighted by atomic mass is 10.1. The third kappa shape index (κ3) is 5.04. The fourth-order valence-electron chi connectivity index (χ4n) is 2.39. The minimum atomic E-state index is -4.01. The average Bonchev–Trinajstić information content (AvgIpc) is 3.08. The van der Waals surface area contributed by atoms with Gasteiger partial charge in [-0.05, 0) is 23.3 Å². The zero-order valence-corrected chi connectivity index (χ0v) is 14.4. The van der Waals surface area contributed by atoms with Crippen LogP contribution in [0.4, 0.5) is 5.69 Å². The summed E-state index contributed by atoms with van der Waals surface area (Å²) >= 11 is 0. The highest BCUT2D eigenvalue weighted by Crippen LogP contribution is 2.31. The fourth-order valence-corrected chi connectivity index (χ4v) is 2.84. The van der Waals surface area contributed by atoms with E-state index in [-0.39, 0.29) is 6.29 Å². The largest absolute Gasteiger partial charge is 0.339 e. The van der Waals surface area contributed by atoms with Gasteiger partial charge in [0.25, 0.3) is 0 Å². The number of amidine groups is 1. The van der Waals surface area contributed by atoms with Gasteiger partial charge in [0.05, 0.1) is 12.0 Å². The summed E-state index contributed by atoms with van der Waals surface area (Å²) in [7, 11) is -4.01. The van der Waals surface area contributed by atoms with Crippen LogP contribution in [0.1, 0.15) is 6.42 Å². The smallest absolute Gasteiger partial charge is 0.324 e. The van der Waals surface area contributed by atoms with E-state index in [2.05, 4.69) is 33.5 Å². The summed E-state index contributed by atoms with van der Waals surface area (Å²) in [5.74, 6) is 0.686. The molecule has 0 amide bonds. The van der Waals surface area contributed by atoms with Gasteiger partial charge in [-0.1, -0.05) is 42.5 Å². The Morgan fingerprint density at radius 3 is 2.40 bits per heavy atom. The van der Waals surface area contributed by atoms with Crippen LogP contribution in [0.3, 0.4) is 0 Å². The quantitative estimate of drug-likeness (QED) is 0.377. The minimum absolute atomic E-state index is 0.335. The Kier molecular flexibility index (Phi) is 5.35. The van der Waals surface area contributed by atoms with Crippen molar-refractivity contribution in [1.29, 1.82) is 0 Å². The van der Waals surface area contributed by atoms with Crippen molar-refractivity contribution in [3.05, 3.63) is 54.6 Å². The maximum Gasteiger partial charge on any atom is 0.339 e. The summed E-state index contributed by atoms with van der Waals surface area (Å²) in [4.78, 5) is 17.6. The Labute approximate surface area is 145 Å². The summed E-state index contributed by atoms with van der Waals surface area (Å²) < 4.78 is 10.8. The van der Waals surface area contributed by atoms with Crippen LogP contribution < -0.4 is 21.4 Å². The van der Waals surface area contributed by atoms with E-state index in [0.29, 0.717) is 18.8 Å². The zero-order chi connectivity index (χ0) is 17.7. The van der Waals surface area contributed by atoms with Gasteiger partial charge in [0.1, 0.15) is 5.84 Å². The van der Waals surface area contributed by atoms with Gasteiger partial charge < -0.3 is 15.1 Å². The molecule has 132 valence electrons. The lowest BCUT2D eigenvalue weighted by Gasteiger charge is -2.18. The number of hydrazine groups is 2. The zero-order valence-electron chi connectivity index (χ0n) is 13.5. The highest BCUT2D eigenvalue weighted by atomic mass is 31.2. The first kappa shape index (κ1) is 17.4. The van der Waals surface area contributed by atoms with Crippen LogP contribution in [-0.4, -0.2) is 28.5 Å². The Morgan fingerprint density at radius 2 is 1.72 bits per heavy atom. The Hall–Kier alpha value is -2.38. The molecule has 0 aromatic heterocycles. The molecule has 0 atom stereocenters. The lowest BCUT2D eigenvalue weighted by molar-refractivity contribution is 0.368. The Balaban J connectivity index is 1.50. The molecule has 0 saturated heterocycles. The van der Waals surface area contributed by atoms with Gasteiger partial charge in [-0.2, -0.15) is 10.7 Å². The van der Waals surface area contributed by atoms with E-state index in [4.69, 9.17) is 9.79 Å². The van der Waals surface area contributed by atoms with Crippen molar-refractivity contribution in [1.82, 2.24) is 16.3 Å². The van der Waals surface area contributed by atoms with Gasteiger partial charge in [-0.3, -0.25) is 9.99 Å². The number of rotatable bonds is 7. The molecule has 2 aromatic carbocycles. The SMILES string of the molecule is O=P(O)(O)CNCCC1=NNN(c2ccc(-c3ccccc3)cc2)N1. The molecule has 1 heterocycles. The van der Waals surface area contributed by atoms with Crippen molar-refractivity contribution in [2.45, 2.75) is 6.42 Å². The Morgan fingerprint density at radius 1 is 1.04 bits per heavy atom. The van der Waals surface area contributed by atoms with E-state index >= 15 is 0 Å². The molecule has 3 rings (SSSR count). The molecule has 0 saturated carbocycles. The summed E-state index contributed by atoms with van der Waals surface area (Å²) in [5.41, 5.74) is 9.16. The van der Waals surface area contributed by atoms with Gasteiger partial charge in [0.15, 0.2) is 0 Å². The number of nitrogens with zero attached hydrogens (tertiary/aromatic N) is 2. The summed E-state index contributed by atoms with van der Waals surface area (Å²) in [6.45, 7) is 0.416. The maximum atomic E-state index is 10.8. The number of hydrazone groups is 1. The van der Waals surface area contributed by atoms with Gasteiger partial charge in [-0.15, -0.1) is 5.10 Å². The van der Waals surface area contributed by atoms with Gasteiger partial charge in [-0.25, -0.2) is 0 Å². The van der Waals surface area contributed by atoms with Gasteiger partial charge in [0, 0.05) is 13.0 Å². The van der Waals surface area contributed by atoms with Crippen LogP contribution in [-0.2, 0) is 4.57 Å². The average molecular weight is 361 g/mol. The minimum Gasteiger partial charge on any atom is -0.324 e. The molecule has 25 heavy (non-hydrogen) atoms. The molecule has 2 aromatic rings. The highest BCUT2D eigenvalue weighted by molar-refractivity contribution is 7.51. The molecule has 0 fully saturated rings. The summed E-state index contributed by atoms with van der Waals surface area (Å²) in [6.07, 6.45) is 0.184. The number of nitrogens with one attached hydrogen (secondary N) is 3. The van der Waals surface area contributed by atoms with E-state index < -0.39 is 7.60 Å². The van der Waals surface area contributed by atoms with Crippen molar-refractivity contribution in [3.8, 4) is 11.1 Å². The lowest BCUT2D eigenvalue weighted by Crippen LogP contribution is -2.42. The first-order valence-corrected chi connectivity index (χ1v) is 9.61. The van der Waals surface area contributed by atoms with Gasteiger partial charge in [0.2, 0.25) is 0 Å². The number of anilines is 1. The summed E-state index contributed by atoms with van der Waals surface area (Å²) in [6, 6.07) is 18.2. The van der Waals surface area contributed by atoms with Crippen LogP contribution in [0, 0.1) is 0 Å². The fraction of sp³-hybridized carbons (Fsp3) is 0.188. The summed E-state index contributed by atoms with van der Waals surface area (Å²) in [5, 5.41) is 8.55. The van der Waals surface area contributed by atoms with Gasteiger partial charge >= 0.3 is 7.60 Å².